The van der Waals surface area contributed by atoms with Crippen molar-refractivity contribution >= 4 is 5.97 Å². The van der Waals surface area contributed by atoms with Gasteiger partial charge in [0.1, 0.15) is 0 Å². The van der Waals surface area contributed by atoms with E-state index >= 15 is 0 Å². The Balaban J connectivity index is 0.00000144. The van der Waals surface area contributed by atoms with Gasteiger partial charge in [-0.15, -0.1) is 0 Å². The summed E-state index contributed by atoms with van der Waals surface area (Å²) in [6.45, 7) is 2.00. The van der Waals surface area contributed by atoms with Gasteiger partial charge in [-0.25, -0.2) is 0 Å². The van der Waals surface area contributed by atoms with Crippen LogP contribution in [0.1, 0.15) is 12.1 Å². The minimum atomic E-state index is -1.06. The largest absolute Gasteiger partial charge is 1.00 e. The maximum absolute atomic E-state index is 10.7. The summed E-state index contributed by atoms with van der Waals surface area (Å²) < 4.78 is 0. The second-order valence-electron chi connectivity index (χ2n) is 3.84. The maximum Gasteiger partial charge on any atom is 1.00 e. The second-order valence-corrected chi connectivity index (χ2v) is 3.84. The van der Waals surface area contributed by atoms with Gasteiger partial charge in [0.05, 0.1) is 11.7 Å². The van der Waals surface area contributed by atoms with Crippen LogP contribution >= 0.6 is 0 Å². The fourth-order valence-electron chi connectivity index (χ4n) is 1.81. The van der Waals surface area contributed by atoms with Gasteiger partial charge in [-0.2, -0.15) is 0 Å². The van der Waals surface area contributed by atoms with E-state index < -0.39 is 5.97 Å². The van der Waals surface area contributed by atoms with E-state index in [1.807, 2.05) is 18.2 Å². The van der Waals surface area contributed by atoms with E-state index in [0.29, 0.717) is 18.7 Å². The van der Waals surface area contributed by atoms with E-state index in [9.17, 15) is 9.90 Å². The number of carbonyl (C=O) groups is 1. The second kappa shape index (κ2) is 6.91. The van der Waals surface area contributed by atoms with Crippen LogP contribution in [0, 0.1) is 0 Å². The Morgan fingerprint density at radius 3 is 2.94 bits per heavy atom. The van der Waals surface area contributed by atoms with E-state index in [2.05, 4.69) is 9.88 Å². The molecule has 0 N–H and O–H groups in total. The Labute approximate surface area is 123 Å². The Morgan fingerprint density at radius 1 is 1.47 bits per heavy atom. The van der Waals surface area contributed by atoms with Crippen LogP contribution in [0.5, 0.6) is 0 Å². The third-order valence-corrected chi connectivity index (χ3v) is 2.60. The smallest absolute Gasteiger partial charge is 0.545 e. The van der Waals surface area contributed by atoms with Gasteiger partial charge >= 0.3 is 29.6 Å². The predicted octanol–water partition coefficient (Wildman–Crippen LogP) is -3.03. The molecular weight excluding hydrogens is 227 g/mol. The Morgan fingerprint density at radius 2 is 2.29 bits per heavy atom. The molecule has 2 rings (SSSR count). The molecule has 0 aliphatic carbocycles. The standard InChI is InChI=1S/C12H14N2O2.Na/c15-12(16)10-4-3-7-14(8-10)9-11-5-1-2-6-13-11;/h1-2,4-6H,3,7-9H2,(H,15,16);/q;+1/p-1. The number of pyridine rings is 1. The molecule has 84 valence electrons. The number of aliphatic carboxylic acids is 1. The summed E-state index contributed by atoms with van der Waals surface area (Å²) >= 11 is 0. The van der Waals surface area contributed by atoms with Gasteiger partial charge in [0.2, 0.25) is 0 Å². The van der Waals surface area contributed by atoms with E-state index in [0.717, 1.165) is 18.7 Å². The van der Waals surface area contributed by atoms with E-state index in [1.165, 1.54) is 0 Å². The summed E-state index contributed by atoms with van der Waals surface area (Å²) in [7, 11) is 0. The van der Waals surface area contributed by atoms with Gasteiger partial charge in [-0.1, -0.05) is 12.1 Å². The fourth-order valence-corrected chi connectivity index (χ4v) is 1.81. The summed E-state index contributed by atoms with van der Waals surface area (Å²) in [5.41, 5.74) is 1.34. The third-order valence-electron chi connectivity index (χ3n) is 2.60. The molecular formula is C12H13N2NaO2. The van der Waals surface area contributed by atoms with Crippen molar-refractivity contribution < 1.29 is 39.5 Å². The van der Waals surface area contributed by atoms with Crippen LogP contribution in [0.25, 0.3) is 0 Å². The van der Waals surface area contributed by atoms with Crippen molar-refractivity contribution in [3.8, 4) is 0 Å². The minimum absolute atomic E-state index is 0. The molecule has 1 aliphatic heterocycles. The third kappa shape index (κ3) is 4.24. The van der Waals surface area contributed by atoms with Crippen molar-refractivity contribution in [2.75, 3.05) is 13.1 Å². The topological polar surface area (TPSA) is 56.3 Å². The molecule has 4 nitrogen and oxygen atoms in total. The minimum Gasteiger partial charge on any atom is -0.545 e. The van der Waals surface area contributed by atoms with Crippen molar-refractivity contribution in [2.45, 2.75) is 13.0 Å². The van der Waals surface area contributed by atoms with Gasteiger partial charge in [0.15, 0.2) is 0 Å². The molecule has 0 bridgehead atoms. The van der Waals surface area contributed by atoms with Crippen LogP contribution < -0.4 is 34.7 Å². The molecule has 17 heavy (non-hydrogen) atoms. The zero-order chi connectivity index (χ0) is 11.4. The van der Waals surface area contributed by atoms with Gasteiger partial charge in [0, 0.05) is 25.8 Å². The zero-order valence-electron chi connectivity index (χ0n) is 9.93. The average molecular weight is 240 g/mol. The van der Waals surface area contributed by atoms with E-state index in [4.69, 9.17) is 0 Å². The number of aromatic nitrogens is 1. The molecule has 1 aromatic heterocycles. The normalized spacial score (nSPS) is 15.9. The van der Waals surface area contributed by atoms with Crippen molar-refractivity contribution in [3.05, 3.63) is 41.7 Å². The number of rotatable bonds is 3. The van der Waals surface area contributed by atoms with Gasteiger partial charge < -0.3 is 9.90 Å². The summed E-state index contributed by atoms with van der Waals surface area (Å²) in [5.74, 6) is -1.06. The summed E-state index contributed by atoms with van der Waals surface area (Å²) in [6.07, 6.45) is 4.25. The number of carbonyl (C=O) groups excluding carboxylic acids is 1. The predicted molar refractivity (Wildman–Crippen MR) is 57.2 cm³/mol. The van der Waals surface area contributed by atoms with E-state index in [-0.39, 0.29) is 29.6 Å². The first-order chi connectivity index (χ1) is 7.75. The van der Waals surface area contributed by atoms with Crippen LogP contribution in [0.2, 0.25) is 0 Å². The van der Waals surface area contributed by atoms with Crippen molar-refractivity contribution in [1.82, 2.24) is 9.88 Å². The molecule has 0 saturated heterocycles. The molecule has 1 aromatic rings. The van der Waals surface area contributed by atoms with Crippen molar-refractivity contribution in [1.29, 1.82) is 0 Å². The first-order valence-corrected chi connectivity index (χ1v) is 5.28. The zero-order valence-corrected chi connectivity index (χ0v) is 11.9. The van der Waals surface area contributed by atoms with Crippen LogP contribution in [-0.4, -0.2) is 28.9 Å². The van der Waals surface area contributed by atoms with Gasteiger partial charge in [-0.3, -0.25) is 9.88 Å². The number of hydrogen-bond donors (Lipinski definition) is 0. The monoisotopic (exact) mass is 240 g/mol. The molecule has 0 fully saturated rings. The molecule has 0 aromatic carbocycles. The number of carboxylic acid groups (broad SMARTS) is 1. The first kappa shape index (κ1) is 14.4. The number of carboxylic acids is 1. The molecule has 0 radical (unpaired) electrons. The molecule has 0 spiro atoms. The Hall–Kier alpha value is -0.680. The van der Waals surface area contributed by atoms with Crippen LogP contribution in [0.4, 0.5) is 0 Å². The Bertz CT molecular complexity index is 406. The SMILES string of the molecule is O=C([O-])C1=CCCN(Cc2ccccn2)C1.[Na+]. The molecule has 0 unspecified atom stereocenters. The molecule has 0 atom stereocenters. The Kier molecular flexibility index (Phi) is 5.85. The van der Waals surface area contributed by atoms with Crippen LogP contribution in [0.3, 0.4) is 0 Å². The molecule has 0 amide bonds. The summed E-state index contributed by atoms with van der Waals surface area (Å²) in [4.78, 5) is 17.0. The number of nitrogens with zero attached hydrogens (tertiary/aromatic N) is 2. The average Bonchev–Trinajstić information content (AvgIpc) is 2.30. The molecule has 0 saturated carbocycles. The summed E-state index contributed by atoms with van der Waals surface area (Å²) in [6, 6.07) is 5.74. The van der Waals surface area contributed by atoms with Gasteiger partial charge in [-0.05, 0) is 24.1 Å². The molecule has 1 aliphatic rings. The van der Waals surface area contributed by atoms with E-state index in [1.54, 1.807) is 12.3 Å². The van der Waals surface area contributed by atoms with Crippen molar-refractivity contribution in [2.24, 2.45) is 0 Å². The van der Waals surface area contributed by atoms with Crippen LogP contribution in [0.15, 0.2) is 36.0 Å². The molecule has 5 heteroatoms. The quantitative estimate of drug-likeness (QED) is 0.527. The fraction of sp³-hybridized carbons (Fsp3) is 0.333. The first-order valence-electron chi connectivity index (χ1n) is 5.28. The maximum atomic E-state index is 10.7. The number of hydrogen-bond acceptors (Lipinski definition) is 4. The van der Waals surface area contributed by atoms with Crippen molar-refractivity contribution in [3.63, 3.8) is 0 Å². The van der Waals surface area contributed by atoms with Gasteiger partial charge in [0.25, 0.3) is 0 Å². The summed E-state index contributed by atoms with van der Waals surface area (Å²) in [5, 5.41) is 10.7. The van der Waals surface area contributed by atoms with Crippen LogP contribution in [-0.2, 0) is 11.3 Å². The molecule has 2 heterocycles.